The van der Waals surface area contributed by atoms with Crippen molar-refractivity contribution in [1.82, 2.24) is 20.0 Å². The summed E-state index contributed by atoms with van der Waals surface area (Å²) in [5, 5.41) is 3.10. The third-order valence-corrected chi connectivity index (χ3v) is 5.09. The fourth-order valence-electron chi connectivity index (χ4n) is 3.29. The molecule has 0 aromatic rings. The van der Waals surface area contributed by atoms with E-state index in [1.54, 1.807) is 0 Å². The van der Waals surface area contributed by atoms with Gasteiger partial charge in [0.2, 0.25) is 0 Å². The highest BCUT2D eigenvalue weighted by Gasteiger charge is 2.27. The molecule has 0 bridgehead atoms. The number of piperazine rings is 1. The van der Waals surface area contributed by atoms with Gasteiger partial charge in [-0.1, -0.05) is 0 Å². The van der Waals surface area contributed by atoms with Crippen LogP contribution in [0.2, 0.25) is 0 Å². The van der Waals surface area contributed by atoms with Crippen LogP contribution in [-0.2, 0) is 4.74 Å². The number of nitrogens with one attached hydrogen (secondary N) is 1. The highest BCUT2D eigenvalue weighted by molar-refractivity contribution is 5.74. The maximum absolute atomic E-state index is 12.3. The minimum Gasteiger partial charge on any atom is -0.379 e. The van der Waals surface area contributed by atoms with E-state index in [0.717, 1.165) is 64.9 Å². The van der Waals surface area contributed by atoms with Gasteiger partial charge in [-0.3, -0.25) is 9.80 Å². The van der Waals surface area contributed by atoms with Gasteiger partial charge in [-0.2, -0.15) is 0 Å². The summed E-state index contributed by atoms with van der Waals surface area (Å²) >= 11 is 0. The zero-order chi connectivity index (χ0) is 15.4. The van der Waals surface area contributed by atoms with Gasteiger partial charge in [0.1, 0.15) is 0 Å². The molecule has 0 aromatic heterocycles. The van der Waals surface area contributed by atoms with E-state index in [-0.39, 0.29) is 6.03 Å². The molecule has 2 heterocycles. The van der Waals surface area contributed by atoms with Gasteiger partial charge in [0.25, 0.3) is 0 Å². The molecule has 3 fully saturated rings. The van der Waals surface area contributed by atoms with Crippen molar-refractivity contribution in [3.05, 3.63) is 0 Å². The van der Waals surface area contributed by atoms with Crippen LogP contribution in [0.3, 0.4) is 0 Å². The van der Waals surface area contributed by atoms with Crippen LogP contribution < -0.4 is 5.32 Å². The van der Waals surface area contributed by atoms with E-state index in [1.807, 2.05) is 4.90 Å². The molecule has 2 amide bonds. The molecule has 0 aromatic carbocycles. The van der Waals surface area contributed by atoms with E-state index in [9.17, 15) is 4.79 Å². The first-order valence-electron chi connectivity index (χ1n) is 8.79. The van der Waals surface area contributed by atoms with Gasteiger partial charge >= 0.3 is 6.03 Å². The Morgan fingerprint density at radius 2 is 1.82 bits per heavy atom. The van der Waals surface area contributed by atoms with Crippen molar-refractivity contribution in [2.75, 3.05) is 65.6 Å². The minimum atomic E-state index is 0.103. The first-order valence-corrected chi connectivity index (χ1v) is 8.79. The van der Waals surface area contributed by atoms with Crippen LogP contribution in [0, 0.1) is 5.92 Å². The molecule has 1 atom stereocenters. The number of carbonyl (C=O) groups excluding carboxylic acids is 1. The Morgan fingerprint density at radius 1 is 1.14 bits per heavy atom. The van der Waals surface area contributed by atoms with Crippen molar-refractivity contribution in [2.24, 2.45) is 5.92 Å². The van der Waals surface area contributed by atoms with E-state index < -0.39 is 0 Å². The van der Waals surface area contributed by atoms with Crippen molar-refractivity contribution >= 4 is 6.03 Å². The SMILES string of the molecule is CC(CNC(=O)N1CCN(CC2CC2)CC1)N1CCOCC1. The molecule has 126 valence electrons. The number of morpholine rings is 1. The summed E-state index contributed by atoms with van der Waals surface area (Å²) in [6, 6.07) is 0.482. The lowest BCUT2D eigenvalue weighted by atomic mass is 10.2. The highest BCUT2D eigenvalue weighted by atomic mass is 16.5. The number of amides is 2. The zero-order valence-corrected chi connectivity index (χ0v) is 13.8. The van der Waals surface area contributed by atoms with Gasteiger partial charge < -0.3 is 15.0 Å². The van der Waals surface area contributed by atoms with E-state index in [4.69, 9.17) is 4.74 Å². The monoisotopic (exact) mass is 310 g/mol. The second-order valence-electron chi connectivity index (χ2n) is 6.91. The largest absolute Gasteiger partial charge is 0.379 e. The van der Waals surface area contributed by atoms with Crippen LogP contribution >= 0.6 is 0 Å². The van der Waals surface area contributed by atoms with Crippen molar-refractivity contribution < 1.29 is 9.53 Å². The van der Waals surface area contributed by atoms with Gasteiger partial charge in [0.05, 0.1) is 13.2 Å². The quantitative estimate of drug-likeness (QED) is 0.801. The van der Waals surface area contributed by atoms with Crippen molar-refractivity contribution in [3.63, 3.8) is 0 Å². The van der Waals surface area contributed by atoms with E-state index in [1.165, 1.54) is 19.4 Å². The molecule has 6 nitrogen and oxygen atoms in total. The Hall–Kier alpha value is -0.850. The Morgan fingerprint density at radius 3 is 2.45 bits per heavy atom. The smallest absolute Gasteiger partial charge is 0.317 e. The number of hydrogen-bond donors (Lipinski definition) is 1. The molecular formula is C16H30N4O2. The van der Waals surface area contributed by atoms with Crippen molar-refractivity contribution in [2.45, 2.75) is 25.8 Å². The second-order valence-corrected chi connectivity index (χ2v) is 6.91. The number of nitrogens with zero attached hydrogens (tertiary/aromatic N) is 3. The van der Waals surface area contributed by atoms with Crippen LogP contribution in [-0.4, -0.2) is 92.3 Å². The third kappa shape index (κ3) is 4.57. The summed E-state index contributed by atoms with van der Waals surface area (Å²) in [6.07, 6.45) is 2.81. The predicted octanol–water partition coefficient (Wildman–Crippen LogP) is 0.444. The fraction of sp³-hybridized carbons (Fsp3) is 0.938. The van der Waals surface area contributed by atoms with Gasteiger partial charge in [-0.25, -0.2) is 4.79 Å². The van der Waals surface area contributed by atoms with Crippen LogP contribution in [0.25, 0.3) is 0 Å². The topological polar surface area (TPSA) is 48.1 Å². The van der Waals surface area contributed by atoms with Crippen LogP contribution in [0.4, 0.5) is 4.79 Å². The number of urea groups is 1. The number of hydrogen-bond acceptors (Lipinski definition) is 4. The van der Waals surface area contributed by atoms with E-state index in [0.29, 0.717) is 6.04 Å². The lowest BCUT2D eigenvalue weighted by Gasteiger charge is -2.36. The standard InChI is InChI=1S/C16H30N4O2/c1-14(19-8-10-22-11-9-19)12-17-16(21)20-6-4-18(5-7-20)13-15-2-3-15/h14-15H,2-13H2,1H3,(H,17,21). The first-order chi connectivity index (χ1) is 10.7. The molecule has 2 aliphatic heterocycles. The fourth-order valence-corrected chi connectivity index (χ4v) is 3.29. The average molecular weight is 310 g/mol. The van der Waals surface area contributed by atoms with Crippen molar-refractivity contribution in [3.8, 4) is 0 Å². The average Bonchev–Trinajstić information content (AvgIpc) is 3.38. The van der Waals surface area contributed by atoms with Gasteiger partial charge in [0, 0.05) is 58.4 Å². The van der Waals surface area contributed by atoms with Gasteiger partial charge in [-0.15, -0.1) is 0 Å². The molecule has 2 saturated heterocycles. The first kappa shape index (κ1) is 16.0. The Kier molecular flexibility index (Phi) is 5.55. The Balaban J connectivity index is 1.33. The number of carbonyl (C=O) groups is 1. The molecule has 0 spiro atoms. The van der Waals surface area contributed by atoms with E-state index >= 15 is 0 Å². The molecule has 3 aliphatic rings. The van der Waals surface area contributed by atoms with Crippen LogP contribution in [0.1, 0.15) is 19.8 Å². The molecule has 3 rings (SSSR count). The van der Waals surface area contributed by atoms with Crippen molar-refractivity contribution in [1.29, 1.82) is 0 Å². The highest BCUT2D eigenvalue weighted by Crippen LogP contribution is 2.29. The summed E-state index contributed by atoms with van der Waals surface area (Å²) < 4.78 is 5.37. The maximum Gasteiger partial charge on any atom is 0.317 e. The Bertz CT molecular complexity index is 361. The van der Waals surface area contributed by atoms with E-state index in [2.05, 4.69) is 22.0 Å². The predicted molar refractivity (Wildman–Crippen MR) is 86.0 cm³/mol. The molecule has 1 unspecified atom stereocenters. The summed E-state index contributed by atoms with van der Waals surface area (Å²) in [6.45, 7) is 11.5. The normalized spacial score (nSPS) is 26.0. The van der Waals surface area contributed by atoms with Crippen LogP contribution in [0.5, 0.6) is 0 Å². The molecule has 1 aliphatic carbocycles. The summed E-state index contributed by atoms with van der Waals surface area (Å²) in [5.74, 6) is 0.940. The third-order valence-electron chi connectivity index (χ3n) is 5.09. The molecule has 1 N–H and O–H groups in total. The number of ether oxygens (including phenoxy) is 1. The van der Waals surface area contributed by atoms with Gasteiger partial charge in [0.15, 0.2) is 0 Å². The summed E-state index contributed by atoms with van der Waals surface area (Å²) in [4.78, 5) is 19.1. The molecule has 22 heavy (non-hydrogen) atoms. The molecule has 1 saturated carbocycles. The molecule has 6 heteroatoms. The summed E-state index contributed by atoms with van der Waals surface area (Å²) in [5.41, 5.74) is 0. The molecular weight excluding hydrogens is 280 g/mol. The zero-order valence-electron chi connectivity index (χ0n) is 13.8. The minimum absolute atomic E-state index is 0.103. The Labute approximate surface area is 133 Å². The second kappa shape index (κ2) is 7.62. The number of rotatable bonds is 5. The molecule has 0 radical (unpaired) electrons. The lowest BCUT2D eigenvalue weighted by molar-refractivity contribution is 0.0205. The van der Waals surface area contributed by atoms with Crippen LogP contribution in [0.15, 0.2) is 0 Å². The lowest BCUT2D eigenvalue weighted by Crippen LogP contribution is -2.54. The summed E-state index contributed by atoms with van der Waals surface area (Å²) in [7, 11) is 0. The van der Waals surface area contributed by atoms with Gasteiger partial charge in [-0.05, 0) is 25.7 Å². The maximum atomic E-state index is 12.3.